The van der Waals surface area contributed by atoms with Gasteiger partial charge >= 0.3 is 5.69 Å². The second-order valence-corrected chi connectivity index (χ2v) is 11.6. The summed E-state index contributed by atoms with van der Waals surface area (Å²) in [5, 5.41) is 4.64. The average Bonchev–Trinajstić information content (AvgIpc) is 2.77. The van der Waals surface area contributed by atoms with E-state index < -0.39 is 8.32 Å². The lowest BCUT2D eigenvalue weighted by atomic mass is 10.1. The first-order valence-corrected chi connectivity index (χ1v) is 9.95. The summed E-state index contributed by atoms with van der Waals surface area (Å²) in [4.78, 5) is 3.73. The van der Waals surface area contributed by atoms with Crippen LogP contribution in [0.4, 0.5) is 5.69 Å². The van der Waals surface area contributed by atoms with E-state index in [1.165, 1.54) is 11.1 Å². The molecule has 20 heavy (non-hydrogen) atoms. The van der Waals surface area contributed by atoms with E-state index in [2.05, 4.69) is 43.9 Å². The van der Waals surface area contributed by atoms with Crippen LogP contribution in [0.2, 0.25) is 18.1 Å². The van der Waals surface area contributed by atoms with Crippen LogP contribution in [0.15, 0.2) is 23.4 Å². The van der Waals surface area contributed by atoms with Crippen molar-refractivity contribution < 1.29 is 4.53 Å². The van der Waals surface area contributed by atoms with Crippen LogP contribution >= 0.6 is 0 Å². The fourth-order valence-electron chi connectivity index (χ4n) is 1.94. The Hall–Kier alpha value is -1.60. The highest BCUT2D eigenvalue weighted by molar-refractivity contribution is 6.74. The first-order valence-electron chi connectivity index (χ1n) is 7.04. The van der Waals surface area contributed by atoms with Gasteiger partial charge in [0.05, 0.1) is 5.71 Å². The number of nitrogens with zero attached hydrogens (tertiary/aromatic N) is 2. The molecule has 106 valence electrons. The van der Waals surface area contributed by atoms with E-state index >= 15 is 0 Å². The standard InChI is InChI=1S/C16H23N2OSi/c1-16(2,3)20(5,6)19-18-15-10-7-12-11-13(17-4)8-9-14(12)15/h4,8-9,11H,7,10H2,1-3,5-6H3/q+1/b18-15-. The number of fused-ring (bicyclic) bond motifs is 1. The van der Waals surface area contributed by atoms with Gasteiger partial charge in [-0.05, 0) is 47.4 Å². The van der Waals surface area contributed by atoms with E-state index in [4.69, 9.17) is 11.1 Å². The molecule has 0 fully saturated rings. The minimum absolute atomic E-state index is 0.167. The first kappa shape index (κ1) is 14.8. The average molecular weight is 287 g/mol. The van der Waals surface area contributed by atoms with Crippen molar-refractivity contribution in [2.45, 2.75) is 51.7 Å². The highest BCUT2D eigenvalue weighted by Crippen LogP contribution is 2.37. The highest BCUT2D eigenvalue weighted by Gasteiger charge is 2.40. The maximum Gasteiger partial charge on any atom is 0.340 e. The Morgan fingerprint density at radius 1 is 1.25 bits per heavy atom. The van der Waals surface area contributed by atoms with Gasteiger partial charge < -0.3 is 4.53 Å². The molecule has 0 heterocycles. The smallest absolute Gasteiger partial charge is 0.340 e. The number of aryl methyl sites for hydroxylation is 1. The number of hydrogen-bond acceptors (Lipinski definition) is 2. The van der Waals surface area contributed by atoms with Crippen molar-refractivity contribution >= 4 is 19.7 Å². The van der Waals surface area contributed by atoms with Crippen LogP contribution in [0.1, 0.15) is 38.3 Å². The molecule has 0 N–H and O–H groups in total. The van der Waals surface area contributed by atoms with Gasteiger partial charge in [0.1, 0.15) is 0 Å². The first-order chi connectivity index (χ1) is 9.24. The topological polar surface area (TPSA) is 25.9 Å². The van der Waals surface area contributed by atoms with Crippen molar-refractivity contribution in [3.05, 3.63) is 34.2 Å². The molecule has 0 atom stereocenters. The highest BCUT2D eigenvalue weighted by atomic mass is 28.4. The minimum atomic E-state index is -1.84. The zero-order valence-corrected chi connectivity index (χ0v) is 14.0. The monoisotopic (exact) mass is 287 g/mol. The van der Waals surface area contributed by atoms with Crippen molar-refractivity contribution in [2.75, 3.05) is 0 Å². The molecule has 0 saturated carbocycles. The van der Waals surface area contributed by atoms with Gasteiger partial charge in [-0.15, -0.1) is 5.16 Å². The summed E-state index contributed by atoms with van der Waals surface area (Å²) in [5.41, 5.74) is 4.30. The molecule has 0 bridgehead atoms. The predicted molar refractivity (Wildman–Crippen MR) is 87.5 cm³/mol. The van der Waals surface area contributed by atoms with E-state index in [9.17, 15) is 0 Å². The molecule has 1 aromatic rings. The third kappa shape index (κ3) is 2.78. The number of hydrogen-bond donors (Lipinski definition) is 0. The Morgan fingerprint density at radius 2 is 1.95 bits per heavy atom. The quantitative estimate of drug-likeness (QED) is 0.558. The normalized spacial score (nSPS) is 16.9. The van der Waals surface area contributed by atoms with Crippen LogP contribution in [0.3, 0.4) is 0 Å². The summed E-state index contributed by atoms with van der Waals surface area (Å²) < 4.78 is 5.97. The lowest BCUT2D eigenvalue weighted by Crippen LogP contribution is -2.39. The van der Waals surface area contributed by atoms with E-state index in [1.807, 2.05) is 18.2 Å². The second-order valence-electron chi connectivity index (χ2n) is 6.86. The van der Waals surface area contributed by atoms with Crippen molar-refractivity contribution in [1.82, 2.24) is 0 Å². The fraction of sp³-hybridized carbons (Fsp3) is 0.500. The Labute approximate surface area is 122 Å². The number of rotatable bonds is 2. The van der Waals surface area contributed by atoms with Crippen LogP contribution in [-0.4, -0.2) is 14.0 Å². The molecule has 3 nitrogen and oxygen atoms in total. The summed E-state index contributed by atoms with van der Waals surface area (Å²) in [7, 11) is -1.84. The van der Waals surface area contributed by atoms with E-state index in [0.717, 1.165) is 24.2 Å². The van der Waals surface area contributed by atoms with E-state index in [0.29, 0.717) is 0 Å². The number of oxime groups is 1. The van der Waals surface area contributed by atoms with Crippen molar-refractivity contribution in [2.24, 2.45) is 5.16 Å². The third-order valence-corrected chi connectivity index (χ3v) is 8.53. The second kappa shape index (κ2) is 5.06. The Morgan fingerprint density at radius 3 is 2.55 bits per heavy atom. The zero-order valence-electron chi connectivity index (χ0n) is 13.0. The molecular weight excluding hydrogens is 264 g/mol. The molecule has 1 aromatic carbocycles. The fourth-order valence-corrected chi connectivity index (χ4v) is 2.55. The zero-order chi connectivity index (χ0) is 15.0. The SMILES string of the molecule is C#[N+]c1ccc2c(c1)CC/C2=N/O[Si](C)(C)C(C)(C)C. The Bertz CT molecular complexity index is 591. The van der Waals surface area contributed by atoms with Gasteiger partial charge in [-0.3, -0.25) is 0 Å². The lowest BCUT2D eigenvalue weighted by Gasteiger charge is -2.33. The molecule has 0 unspecified atom stereocenters. The van der Waals surface area contributed by atoms with Gasteiger partial charge in [0.25, 0.3) is 14.9 Å². The molecule has 2 rings (SSSR count). The van der Waals surface area contributed by atoms with Crippen LogP contribution in [0.25, 0.3) is 4.85 Å². The molecule has 0 radical (unpaired) electrons. The van der Waals surface area contributed by atoms with Gasteiger partial charge in [0.15, 0.2) is 0 Å². The van der Waals surface area contributed by atoms with Crippen LogP contribution in [-0.2, 0) is 10.9 Å². The summed E-state index contributed by atoms with van der Waals surface area (Å²) in [6.07, 6.45) is 1.91. The van der Waals surface area contributed by atoms with Crippen molar-refractivity contribution in [3.8, 4) is 6.57 Å². The maximum absolute atomic E-state index is 5.97. The van der Waals surface area contributed by atoms with Gasteiger partial charge in [0, 0.05) is 17.7 Å². The van der Waals surface area contributed by atoms with Gasteiger partial charge in [-0.25, -0.2) is 0 Å². The van der Waals surface area contributed by atoms with Gasteiger partial charge in [-0.1, -0.05) is 20.8 Å². The molecule has 0 aromatic heterocycles. The lowest BCUT2D eigenvalue weighted by molar-refractivity contribution is 0.307. The molecule has 4 heteroatoms. The summed E-state index contributed by atoms with van der Waals surface area (Å²) >= 11 is 0. The summed E-state index contributed by atoms with van der Waals surface area (Å²) in [6, 6.07) is 6.00. The largest absolute Gasteiger partial charge is 0.455 e. The summed E-state index contributed by atoms with van der Waals surface area (Å²) in [6.45, 7) is 16.4. The van der Waals surface area contributed by atoms with Gasteiger partial charge in [-0.2, -0.15) is 0 Å². The van der Waals surface area contributed by atoms with Crippen LogP contribution in [0, 0.1) is 6.57 Å². The number of benzene rings is 1. The third-order valence-electron chi connectivity index (χ3n) is 4.37. The maximum atomic E-state index is 5.97. The van der Waals surface area contributed by atoms with Crippen LogP contribution < -0.4 is 0 Å². The van der Waals surface area contributed by atoms with Crippen molar-refractivity contribution in [3.63, 3.8) is 0 Å². The Kier molecular flexibility index (Phi) is 3.75. The van der Waals surface area contributed by atoms with Crippen LogP contribution in [0.5, 0.6) is 0 Å². The molecule has 1 aliphatic rings. The molecule has 1 aliphatic carbocycles. The summed E-state index contributed by atoms with van der Waals surface area (Å²) in [5.74, 6) is 0. The molecular formula is C16H23N2OSi+. The van der Waals surface area contributed by atoms with E-state index in [1.54, 1.807) is 0 Å². The molecule has 0 aliphatic heterocycles. The molecule has 0 spiro atoms. The molecule has 0 saturated heterocycles. The Balaban J connectivity index is 2.23. The predicted octanol–water partition coefficient (Wildman–Crippen LogP) is 4.95. The van der Waals surface area contributed by atoms with E-state index in [-0.39, 0.29) is 5.04 Å². The molecule has 0 amide bonds. The minimum Gasteiger partial charge on any atom is -0.455 e. The van der Waals surface area contributed by atoms with Gasteiger partial charge in [0.2, 0.25) is 0 Å². The van der Waals surface area contributed by atoms with Crippen molar-refractivity contribution in [1.29, 1.82) is 0 Å².